The molecule has 0 spiro atoms. The fraction of sp³-hybridized carbons (Fsp3) is 0.353. The molecule has 0 atom stereocenters. The lowest BCUT2D eigenvalue weighted by Crippen LogP contribution is -2.25. The van der Waals surface area contributed by atoms with Crippen LogP contribution >= 0.6 is 11.3 Å². The molecule has 0 unspecified atom stereocenters. The van der Waals surface area contributed by atoms with Gasteiger partial charge in [0.25, 0.3) is 0 Å². The number of carbonyl (C=O) groups excluding carboxylic acids is 1. The third kappa shape index (κ3) is 8.26. The Morgan fingerprint density at radius 3 is 2.48 bits per heavy atom. The van der Waals surface area contributed by atoms with Crippen molar-refractivity contribution < 1.29 is 9.63 Å². The number of nitrogens with zero attached hydrogens (tertiary/aromatic N) is 2. The van der Waals surface area contributed by atoms with Crippen molar-refractivity contribution in [1.82, 2.24) is 10.0 Å². The number of hydroxylamine groups is 2. The van der Waals surface area contributed by atoms with Crippen LogP contribution in [-0.4, -0.2) is 22.6 Å². The largest absolute Gasteiger partial charge is 0.385 e. The first-order valence-corrected chi connectivity index (χ1v) is 15.3. The number of hydrogen-bond donors (Lipinski definition) is 1. The number of carbonyl (C=O) groups is 1. The lowest BCUT2D eigenvalue weighted by atomic mass is 9.84. The summed E-state index contributed by atoms with van der Waals surface area (Å²) in [6.07, 6.45) is 10.8. The summed E-state index contributed by atoms with van der Waals surface area (Å²) in [5.41, 5.74) is 6.15. The Labute approximate surface area is 242 Å². The fourth-order valence-corrected chi connectivity index (χ4v) is 6.45. The van der Waals surface area contributed by atoms with Gasteiger partial charge in [-0.25, -0.2) is 0 Å². The molecule has 4 aromatic rings. The molecule has 1 aliphatic rings. The van der Waals surface area contributed by atoms with Gasteiger partial charge in [-0.3, -0.25) is 9.78 Å². The molecule has 2 heterocycles. The van der Waals surface area contributed by atoms with Crippen molar-refractivity contribution in [2.75, 3.05) is 11.9 Å². The summed E-state index contributed by atoms with van der Waals surface area (Å²) in [5, 5.41) is 5.24. The van der Waals surface area contributed by atoms with Gasteiger partial charge < -0.3 is 10.2 Å². The molecule has 5 nitrogen and oxygen atoms in total. The van der Waals surface area contributed by atoms with Gasteiger partial charge in [-0.2, -0.15) is 0 Å². The van der Waals surface area contributed by atoms with Crippen molar-refractivity contribution in [2.45, 2.75) is 70.9 Å². The van der Waals surface area contributed by atoms with E-state index in [1.807, 2.05) is 18.2 Å². The molecule has 1 saturated carbocycles. The zero-order chi connectivity index (χ0) is 27.6. The van der Waals surface area contributed by atoms with Gasteiger partial charge in [-0.15, -0.1) is 16.4 Å². The Balaban J connectivity index is 1.08. The zero-order valence-electron chi connectivity index (χ0n) is 23.4. The van der Waals surface area contributed by atoms with E-state index < -0.39 is 0 Å². The lowest BCUT2D eigenvalue weighted by Gasteiger charge is -2.22. The highest BCUT2D eigenvalue weighted by molar-refractivity contribution is 7.15. The average molecular weight is 554 g/mol. The summed E-state index contributed by atoms with van der Waals surface area (Å²) in [7, 11) is 0. The van der Waals surface area contributed by atoms with Crippen LogP contribution in [0.25, 0.3) is 10.4 Å². The van der Waals surface area contributed by atoms with Gasteiger partial charge in [-0.05, 0) is 84.7 Å². The Bertz CT molecular complexity index is 1330. The van der Waals surface area contributed by atoms with E-state index in [-0.39, 0.29) is 5.97 Å². The smallest absolute Gasteiger partial charge is 0.322 e. The summed E-state index contributed by atoms with van der Waals surface area (Å²) < 4.78 is 0. The zero-order valence-corrected chi connectivity index (χ0v) is 24.2. The van der Waals surface area contributed by atoms with E-state index in [4.69, 9.17) is 4.84 Å². The third-order valence-corrected chi connectivity index (χ3v) is 8.63. The van der Waals surface area contributed by atoms with Crippen LogP contribution in [0, 0.1) is 0 Å². The standard InChI is InChI=1S/C34H39N3O2S/c1-26(38)39-37(24-32-11-5-6-22-36-32)25-33-20-21-34(40-33)30-16-18-31(19-17-30)35-23-7-8-27-12-14-29(15-13-27)28-9-3-2-4-10-28/h5-6,11-22,28,35H,2-4,7-10,23-25H2,1H3. The molecule has 6 heteroatoms. The average Bonchev–Trinajstić information content (AvgIpc) is 3.45. The Morgan fingerprint density at radius 2 is 1.75 bits per heavy atom. The minimum Gasteiger partial charge on any atom is -0.385 e. The van der Waals surface area contributed by atoms with Gasteiger partial charge in [-0.1, -0.05) is 61.7 Å². The molecule has 0 aliphatic heterocycles. The molecule has 1 N–H and O–H groups in total. The molecular formula is C34H39N3O2S. The summed E-state index contributed by atoms with van der Waals surface area (Å²) >= 11 is 1.71. The van der Waals surface area contributed by atoms with Crippen LogP contribution in [0.5, 0.6) is 0 Å². The number of aryl methyl sites for hydroxylation is 1. The summed E-state index contributed by atoms with van der Waals surface area (Å²) in [6, 6.07) is 28.0. The highest BCUT2D eigenvalue weighted by Gasteiger charge is 2.15. The van der Waals surface area contributed by atoms with Crippen LogP contribution in [-0.2, 0) is 29.1 Å². The van der Waals surface area contributed by atoms with Gasteiger partial charge >= 0.3 is 5.97 Å². The second-order valence-corrected chi connectivity index (χ2v) is 11.8. The first kappa shape index (κ1) is 28.1. The van der Waals surface area contributed by atoms with Crippen LogP contribution in [0.2, 0.25) is 0 Å². The molecule has 0 saturated heterocycles. The van der Waals surface area contributed by atoms with Crippen molar-refractivity contribution in [3.05, 3.63) is 107 Å². The van der Waals surface area contributed by atoms with E-state index in [1.165, 1.54) is 60.6 Å². The van der Waals surface area contributed by atoms with Crippen molar-refractivity contribution >= 4 is 23.0 Å². The molecule has 2 aromatic carbocycles. The van der Waals surface area contributed by atoms with Crippen LogP contribution in [0.3, 0.4) is 0 Å². The SMILES string of the molecule is CC(=O)ON(Cc1ccccn1)Cc1ccc(-c2ccc(NCCCc3ccc(C4CCCCC4)cc3)cc2)s1. The predicted octanol–water partition coefficient (Wildman–Crippen LogP) is 8.38. The summed E-state index contributed by atoms with van der Waals surface area (Å²) in [4.78, 5) is 23.8. The number of thiophene rings is 1. The maximum absolute atomic E-state index is 11.6. The van der Waals surface area contributed by atoms with E-state index in [2.05, 4.69) is 71.0 Å². The van der Waals surface area contributed by atoms with Gasteiger partial charge in [0.15, 0.2) is 0 Å². The van der Waals surface area contributed by atoms with Gasteiger partial charge in [0.05, 0.1) is 18.8 Å². The summed E-state index contributed by atoms with van der Waals surface area (Å²) in [6.45, 7) is 3.34. The maximum atomic E-state index is 11.6. The van der Waals surface area contributed by atoms with Crippen molar-refractivity contribution in [2.24, 2.45) is 0 Å². The molecule has 5 rings (SSSR count). The molecule has 208 valence electrons. The number of pyridine rings is 1. The highest BCUT2D eigenvalue weighted by atomic mass is 32.1. The number of rotatable bonds is 12. The molecular weight excluding hydrogens is 514 g/mol. The van der Waals surface area contributed by atoms with E-state index in [9.17, 15) is 4.79 Å². The second-order valence-electron chi connectivity index (χ2n) is 10.7. The second kappa shape index (κ2) is 14.2. The monoisotopic (exact) mass is 553 g/mol. The minimum atomic E-state index is -0.330. The highest BCUT2D eigenvalue weighted by Crippen LogP contribution is 2.33. The number of hydrogen-bond acceptors (Lipinski definition) is 6. The Morgan fingerprint density at radius 1 is 0.950 bits per heavy atom. The van der Waals surface area contributed by atoms with E-state index in [1.54, 1.807) is 22.6 Å². The number of nitrogens with one attached hydrogen (secondary N) is 1. The van der Waals surface area contributed by atoms with Crippen molar-refractivity contribution in [1.29, 1.82) is 0 Å². The summed E-state index contributed by atoms with van der Waals surface area (Å²) in [5.74, 6) is 0.448. The molecule has 1 fully saturated rings. The maximum Gasteiger partial charge on any atom is 0.322 e. The Hall–Kier alpha value is -3.48. The van der Waals surface area contributed by atoms with Gasteiger partial charge in [0.1, 0.15) is 0 Å². The predicted molar refractivity (Wildman–Crippen MR) is 164 cm³/mol. The molecule has 0 amide bonds. The van der Waals surface area contributed by atoms with Crippen LogP contribution in [0.4, 0.5) is 5.69 Å². The van der Waals surface area contributed by atoms with Gasteiger partial charge in [0.2, 0.25) is 0 Å². The quantitative estimate of drug-likeness (QED) is 0.141. The number of aromatic nitrogens is 1. The van der Waals surface area contributed by atoms with Gasteiger partial charge in [0, 0.05) is 35.1 Å². The topological polar surface area (TPSA) is 54.5 Å². The van der Waals surface area contributed by atoms with Crippen molar-refractivity contribution in [3.63, 3.8) is 0 Å². The normalized spacial score (nSPS) is 13.8. The molecule has 0 bridgehead atoms. The van der Waals surface area contributed by atoms with Crippen LogP contribution < -0.4 is 5.32 Å². The molecule has 0 radical (unpaired) electrons. The molecule has 40 heavy (non-hydrogen) atoms. The van der Waals surface area contributed by atoms with E-state index in [0.29, 0.717) is 13.1 Å². The number of benzene rings is 2. The van der Waals surface area contributed by atoms with E-state index in [0.717, 1.165) is 41.6 Å². The first-order chi connectivity index (χ1) is 19.6. The van der Waals surface area contributed by atoms with E-state index >= 15 is 0 Å². The van der Waals surface area contributed by atoms with Crippen LogP contribution in [0.1, 0.15) is 73.1 Å². The number of anilines is 1. The molecule has 2 aromatic heterocycles. The third-order valence-electron chi connectivity index (χ3n) is 7.51. The lowest BCUT2D eigenvalue weighted by molar-refractivity contribution is -0.194. The van der Waals surface area contributed by atoms with Crippen LogP contribution in [0.15, 0.2) is 85.1 Å². The fourth-order valence-electron chi connectivity index (χ4n) is 5.44. The minimum absolute atomic E-state index is 0.330. The van der Waals surface area contributed by atoms with Crippen molar-refractivity contribution in [3.8, 4) is 10.4 Å². The molecule has 1 aliphatic carbocycles. The first-order valence-electron chi connectivity index (χ1n) is 14.5. The Kier molecular flexibility index (Phi) is 9.99.